The molecule has 0 N–H and O–H groups in total. The van der Waals surface area contributed by atoms with Crippen molar-refractivity contribution in [3.05, 3.63) is 23.9 Å². The van der Waals surface area contributed by atoms with Crippen molar-refractivity contribution in [3.63, 3.8) is 0 Å². The highest BCUT2D eigenvalue weighted by molar-refractivity contribution is 9.08. The fourth-order valence-corrected chi connectivity index (χ4v) is 1.69. The lowest BCUT2D eigenvalue weighted by atomic mass is 10.2. The Bertz CT molecular complexity index is 402. The van der Waals surface area contributed by atoms with Crippen LogP contribution in [0, 0.1) is 0 Å². The molecule has 94 valence electrons. The third-order valence-corrected chi connectivity index (χ3v) is 2.60. The van der Waals surface area contributed by atoms with Gasteiger partial charge in [0.25, 0.3) is 0 Å². The van der Waals surface area contributed by atoms with Gasteiger partial charge in [0, 0.05) is 24.1 Å². The van der Waals surface area contributed by atoms with Crippen molar-refractivity contribution in [3.8, 4) is 0 Å². The topological polar surface area (TPSA) is 42.4 Å². The Labute approximate surface area is 110 Å². The molecule has 0 aliphatic carbocycles. The lowest BCUT2D eigenvalue weighted by molar-refractivity contribution is 0.0588. The monoisotopic (exact) mass is 300 g/mol. The summed E-state index contributed by atoms with van der Waals surface area (Å²) in [5, 5.41) is 0.642. The van der Waals surface area contributed by atoms with Crippen LogP contribution >= 0.6 is 15.9 Å². The summed E-state index contributed by atoms with van der Waals surface area (Å²) in [5.74, 6) is 0.610. The van der Waals surface area contributed by atoms with Crippen LogP contribution in [0.3, 0.4) is 0 Å². The molecule has 1 rings (SSSR count). The van der Waals surface area contributed by atoms with Gasteiger partial charge < -0.3 is 4.74 Å². The summed E-state index contributed by atoms with van der Waals surface area (Å²) in [6, 6.07) is 3.75. The van der Waals surface area contributed by atoms with Gasteiger partial charge >= 0.3 is 6.09 Å². The SMILES string of the molecule is CN(C(=O)OC(C)(C)C)c1ncccc1CBr. The molecule has 4 nitrogen and oxygen atoms in total. The fraction of sp³-hybridized carbons (Fsp3) is 0.500. The van der Waals surface area contributed by atoms with Crippen LogP contribution in [-0.4, -0.2) is 23.7 Å². The molecule has 1 amide bonds. The maximum absolute atomic E-state index is 11.9. The number of carbonyl (C=O) groups is 1. The van der Waals surface area contributed by atoms with Gasteiger partial charge in [-0.2, -0.15) is 0 Å². The van der Waals surface area contributed by atoms with E-state index < -0.39 is 11.7 Å². The predicted molar refractivity (Wildman–Crippen MR) is 71.5 cm³/mol. The normalized spacial score (nSPS) is 11.1. The third kappa shape index (κ3) is 4.00. The molecule has 5 heteroatoms. The van der Waals surface area contributed by atoms with Crippen molar-refractivity contribution < 1.29 is 9.53 Å². The van der Waals surface area contributed by atoms with Crippen molar-refractivity contribution in [2.24, 2.45) is 0 Å². The van der Waals surface area contributed by atoms with Crippen LogP contribution in [0.1, 0.15) is 26.3 Å². The van der Waals surface area contributed by atoms with Crippen LogP contribution in [0.4, 0.5) is 10.6 Å². The molecular formula is C12H17BrN2O2. The maximum Gasteiger partial charge on any atom is 0.415 e. The molecule has 0 fully saturated rings. The number of amides is 1. The molecule has 0 radical (unpaired) electrons. The standard InChI is InChI=1S/C12H17BrN2O2/c1-12(2,3)17-11(16)15(4)10-9(8-13)6-5-7-14-10/h5-7H,8H2,1-4H3. The van der Waals surface area contributed by atoms with Gasteiger partial charge in [0.15, 0.2) is 0 Å². The molecule has 1 heterocycles. The average molecular weight is 301 g/mol. The lowest BCUT2D eigenvalue weighted by Gasteiger charge is -2.25. The number of nitrogens with zero attached hydrogens (tertiary/aromatic N) is 2. The van der Waals surface area contributed by atoms with Crippen LogP contribution < -0.4 is 4.90 Å². The van der Waals surface area contributed by atoms with Crippen molar-refractivity contribution in [2.45, 2.75) is 31.7 Å². The van der Waals surface area contributed by atoms with Gasteiger partial charge in [-0.1, -0.05) is 22.0 Å². The second-order valence-corrected chi connectivity index (χ2v) is 5.22. The summed E-state index contributed by atoms with van der Waals surface area (Å²) in [6.07, 6.45) is 1.25. The van der Waals surface area contributed by atoms with E-state index >= 15 is 0 Å². The summed E-state index contributed by atoms with van der Waals surface area (Å²) in [4.78, 5) is 17.5. The van der Waals surface area contributed by atoms with Gasteiger partial charge in [0.2, 0.25) is 0 Å². The number of aromatic nitrogens is 1. The molecular weight excluding hydrogens is 284 g/mol. The number of hydrogen-bond acceptors (Lipinski definition) is 3. The van der Waals surface area contributed by atoms with Crippen molar-refractivity contribution in [2.75, 3.05) is 11.9 Å². The van der Waals surface area contributed by atoms with E-state index in [1.54, 1.807) is 13.2 Å². The lowest BCUT2D eigenvalue weighted by Crippen LogP contribution is -2.35. The Hall–Kier alpha value is -1.10. The highest BCUT2D eigenvalue weighted by atomic mass is 79.9. The van der Waals surface area contributed by atoms with Crippen LogP contribution in [0.15, 0.2) is 18.3 Å². The fourth-order valence-electron chi connectivity index (χ4n) is 1.25. The largest absolute Gasteiger partial charge is 0.443 e. The van der Waals surface area contributed by atoms with Crippen LogP contribution in [0.5, 0.6) is 0 Å². The number of carbonyl (C=O) groups excluding carboxylic acids is 1. The zero-order valence-corrected chi connectivity index (χ0v) is 12.1. The van der Waals surface area contributed by atoms with E-state index in [9.17, 15) is 4.79 Å². The molecule has 0 saturated heterocycles. The van der Waals surface area contributed by atoms with Gasteiger partial charge in [-0.15, -0.1) is 0 Å². The molecule has 0 saturated carbocycles. The quantitative estimate of drug-likeness (QED) is 0.787. The van der Waals surface area contributed by atoms with Crippen molar-refractivity contribution in [1.82, 2.24) is 4.98 Å². The molecule has 0 aliphatic rings. The molecule has 17 heavy (non-hydrogen) atoms. The van der Waals surface area contributed by atoms with E-state index in [4.69, 9.17) is 4.74 Å². The Morgan fingerprint density at radius 1 is 1.53 bits per heavy atom. The molecule has 0 aromatic carbocycles. The van der Waals surface area contributed by atoms with E-state index in [-0.39, 0.29) is 0 Å². The van der Waals surface area contributed by atoms with Crippen molar-refractivity contribution >= 4 is 27.8 Å². The maximum atomic E-state index is 11.9. The highest BCUT2D eigenvalue weighted by Gasteiger charge is 2.22. The highest BCUT2D eigenvalue weighted by Crippen LogP contribution is 2.20. The molecule has 1 aromatic heterocycles. The Balaban J connectivity index is 2.89. The van der Waals surface area contributed by atoms with E-state index in [1.807, 2.05) is 32.9 Å². The van der Waals surface area contributed by atoms with E-state index in [1.165, 1.54) is 4.90 Å². The first-order valence-electron chi connectivity index (χ1n) is 5.31. The molecule has 1 aromatic rings. The Morgan fingerprint density at radius 3 is 2.71 bits per heavy atom. The van der Waals surface area contributed by atoms with Gasteiger partial charge in [0.05, 0.1) is 0 Å². The first-order valence-corrected chi connectivity index (χ1v) is 6.44. The van der Waals surface area contributed by atoms with E-state index in [0.29, 0.717) is 11.1 Å². The van der Waals surface area contributed by atoms with Gasteiger partial charge in [-0.05, 0) is 26.8 Å². The predicted octanol–water partition coefficient (Wildman–Crippen LogP) is 3.35. The first kappa shape index (κ1) is 14.0. The minimum atomic E-state index is -0.505. The average Bonchev–Trinajstić information content (AvgIpc) is 2.25. The van der Waals surface area contributed by atoms with Crippen LogP contribution in [-0.2, 0) is 10.1 Å². The zero-order valence-electron chi connectivity index (χ0n) is 10.5. The minimum Gasteiger partial charge on any atom is -0.443 e. The molecule has 0 aliphatic heterocycles. The van der Waals surface area contributed by atoms with Crippen LogP contribution in [0.2, 0.25) is 0 Å². The second kappa shape index (κ2) is 5.49. The number of alkyl halides is 1. The molecule has 0 spiro atoms. The molecule has 0 unspecified atom stereocenters. The number of rotatable bonds is 2. The van der Waals surface area contributed by atoms with Crippen LogP contribution in [0.25, 0.3) is 0 Å². The number of anilines is 1. The third-order valence-electron chi connectivity index (χ3n) is 2.00. The van der Waals surface area contributed by atoms with Gasteiger partial charge in [0.1, 0.15) is 11.4 Å². The van der Waals surface area contributed by atoms with Gasteiger partial charge in [-0.25, -0.2) is 9.78 Å². The molecule has 0 bridgehead atoms. The number of ether oxygens (including phenoxy) is 1. The summed E-state index contributed by atoms with van der Waals surface area (Å²) < 4.78 is 5.29. The summed E-state index contributed by atoms with van der Waals surface area (Å²) >= 11 is 3.37. The Morgan fingerprint density at radius 2 is 2.18 bits per heavy atom. The van der Waals surface area contributed by atoms with Gasteiger partial charge in [-0.3, -0.25) is 4.90 Å². The zero-order chi connectivity index (χ0) is 13.1. The summed E-state index contributed by atoms with van der Waals surface area (Å²) in [7, 11) is 1.66. The van der Waals surface area contributed by atoms with E-state index in [0.717, 1.165) is 5.56 Å². The molecule has 0 atom stereocenters. The second-order valence-electron chi connectivity index (χ2n) is 4.66. The Kier molecular flexibility index (Phi) is 4.51. The summed E-state index contributed by atoms with van der Waals surface area (Å²) in [5.41, 5.74) is 0.440. The smallest absolute Gasteiger partial charge is 0.415 e. The number of hydrogen-bond donors (Lipinski definition) is 0. The summed E-state index contributed by atoms with van der Waals surface area (Å²) in [6.45, 7) is 5.51. The first-order chi connectivity index (χ1) is 7.85. The van der Waals surface area contributed by atoms with E-state index in [2.05, 4.69) is 20.9 Å². The van der Waals surface area contributed by atoms with Crippen molar-refractivity contribution in [1.29, 1.82) is 0 Å². The minimum absolute atomic E-state index is 0.404. The number of halogens is 1. The number of pyridine rings is 1.